The van der Waals surface area contributed by atoms with Crippen LogP contribution in [-0.4, -0.2) is 0 Å². The highest BCUT2D eigenvalue weighted by atomic mass is 15.5. The van der Waals surface area contributed by atoms with Crippen LogP contribution in [0.2, 0.25) is 0 Å². The topological polar surface area (TPSA) is 49.1 Å². The van der Waals surface area contributed by atoms with E-state index in [0.29, 0.717) is 0 Å². The van der Waals surface area contributed by atoms with Crippen molar-refractivity contribution in [3.05, 3.63) is 291 Å². The number of para-hydroxylation sites is 3. The lowest BCUT2D eigenvalue weighted by atomic mass is 10.1. The number of hydrogen-bond donors (Lipinski definition) is 3. The number of anilines is 12. The smallest absolute Gasteiger partial charge is 0.0708 e. The van der Waals surface area contributed by atoms with E-state index in [2.05, 4.69) is 309 Å². The van der Waals surface area contributed by atoms with Crippen LogP contribution in [0.15, 0.2) is 291 Å². The average molecular weight is 942 g/mol. The van der Waals surface area contributed by atoms with Crippen molar-refractivity contribution in [1.29, 1.82) is 0 Å². The minimum atomic E-state index is 0.986. The quantitative estimate of drug-likeness (QED) is 0.0885. The average Bonchev–Trinajstić information content (AvgIpc) is 3.46. The second-order valence-electron chi connectivity index (χ2n) is 17.8. The number of hydrogen-bond acceptors (Lipinski definition) is 7. The van der Waals surface area contributed by atoms with Crippen LogP contribution in [0.1, 0.15) is 0 Å². The molecule has 0 fully saturated rings. The molecule has 0 heterocycles. The molecule has 7 nitrogen and oxygen atoms in total. The van der Waals surface area contributed by atoms with E-state index in [0.717, 1.165) is 84.4 Å². The molecular weight excluding hydrogens is 891 g/mol. The number of nitrogens with zero attached hydrogens (tertiary/aromatic N) is 4. The molecule has 0 aliphatic carbocycles. The Morgan fingerprint density at radius 1 is 0.192 bits per heavy atom. The Bertz CT molecular complexity index is 3360. The molecule has 0 aliphatic heterocycles. The first-order valence-electron chi connectivity index (χ1n) is 24.6. The Morgan fingerprint density at radius 2 is 0.425 bits per heavy atom. The van der Waals surface area contributed by atoms with Crippen molar-refractivity contribution in [2.75, 3.05) is 36.2 Å². The molecule has 12 aromatic carbocycles. The number of benzene rings is 12. The van der Waals surface area contributed by atoms with Gasteiger partial charge in [0.15, 0.2) is 0 Å². The molecule has 12 aromatic rings. The van der Waals surface area contributed by atoms with Gasteiger partial charge in [-0.3, -0.25) is 31.3 Å². The third-order valence-electron chi connectivity index (χ3n) is 13.2. The molecule has 0 spiro atoms. The second kappa shape index (κ2) is 20.2. The van der Waals surface area contributed by atoms with Crippen molar-refractivity contribution in [2.24, 2.45) is 0 Å². The predicted molar refractivity (Wildman–Crippen MR) is 310 cm³/mol. The van der Waals surface area contributed by atoms with Crippen LogP contribution in [0, 0.1) is 0 Å². The van der Waals surface area contributed by atoms with Gasteiger partial charge in [0.25, 0.3) is 0 Å². The van der Waals surface area contributed by atoms with Crippen LogP contribution in [0.4, 0.5) is 68.2 Å². The minimum Gasteiger partial charge on any atom is -0.310 e. The summed E-state index contributed by atoms with van der Waals surface area (Å²) in [7, 11) is 0. The molecule has 3 N–H and O–H groups in total. The molecule has 0 saturated carbocycles. The zero-order valence-corrected chi connectivity index (χ0v) is 40.0. The molecular formula is C66H51N7. The van der Waals surface area contributed by atoms with E-state index in [1.54, 1.807) is 0 Å². The van der Waals surface area contributed by atoms with Crippen molar-refractivity contribution < 1.29 is 0 Å². The van der Waals surface area contributed by atoms with Crippen molar-refractivity contribution in [1.82, 2.24) is 0 Å². The van der Waals surface area contributed by atoms with Crippen LogP contribution < -0.4 is 36.2 Å². The van der Waals surface area contributed by atoms with Gasteiger partial charge in [-0.25, -0.2) is 0 Å². The highest BCUT2D eigenvalue weighted by Gasteiger charge is 2.20. The molecule has 0 bridgehead atoms. The van der Waals surface area contributed by atoms with Crippen LogP contribution in [0.25, 0.3) is 32.3 Å². The van der Waals surface area contributed by atoms with Gasteiger partial charge >= 0.3 is 0 Å². The summed E-state index contributed by atoms with van der Waals surface area (Å²) >= 11 is 0. The van der Waals surface area contributed by atoms with Gasteiger partial charge < -0.3 is 4.90 Å². The molecule has 7 heteroatoms. The SMILES string of the molecule is c1ccc(NN(c2ccc(N(c3ccc(N(Nc4ccccc4)c4cccc5ccccc45)cc3)c3ccc(N(Nc4ccccc4)c4cccc5ccccc45)cc3)cc2)c2cccc3ccccc23)cc1. The summed E-state index contributed by atoms with van der Waals surface area (Å²) in [5.41, 5.74) is 23.3. The van der Waals surface area contributed by atoms with Gasteiger partial charge in [0, 0.05) is 33.2 Å². The van der Waals surface area contributed by atoms with E-state index in [-0.39, 0.29) is 0 Å². The van der Waals surface area contributed by atoms with Crippen LogP contribution in [0.3, 0.4) is 0 Å². The third-order valence-corrected chi connectivity index (χ3v) is 13.2. The first-order valence-corrected chi connectivity index (χ1v) is 24.6. The first-order chi connectivity index (χ1) is 36.2. The fourth-order valence-electron chi connectivity index (χ4n) is 9.63. The predicted octanol–water partition coefficient (Wildman–Crippen LogP) is 18.1. The number of rotatable bonds is 15. The maximum Gasteiger partial charge on any atom is 0.0708 e. The van der Waals surface area contributed by atoms with Gasteiger partial charge in [-0.1, -0.05) is 164 Å². The molecule has 0 aliphatic rings. The number of fused-ring (bicyclic) bond motifs is 3. The Kier molecular flexibility index (Phi) is 12.2. The van der Waals surface area contributed by atoms with E-state index in [4.69, 9.17) is 0 Å². The number of hydrazine groups is 3. The number of nitrogens with one attached hydrogen (secondary N) is 3. The highest BCUT2D eigenvalue weighted by Crippen LogP contribution is 2.42. The third kappa shape index (κ3) is 9.30. The fraction of sp³-hybridized carbons (Fsp3) is 0. The van der Waals surface area contributed by atoms with Gasteiger partial charge in [0.2, 0.25) is 0 Å². The van der Waals surface area contributed by atoms with Crippen LogP contribution in [-0.2, 0) is 0 Å². The maximum absolute atomic E-state index is 3.73. The van der Waals surface area contributed by atoms with E-state index in [1.807, 2.05) is 18.2 Å². The fourth-order valence-corrected chi connectivity index (χ4v) is 9.63. The Hall–Kier alpha value is -9.98. The van der Waals surface area contributed by atoms with Crippen LogP contribution in [0.5, 0.6) is 0 Å². The molecule has 0 amide bonds. The molecule has 0 radical (unpaired) electrons. The summed E-state index contributed by atoms with van der Waals surface area (Å²) in [6.45, 7) is 0. The standard InChI is InChI=1S/C66H51N7/c1-4-25-52(26-5-1)67-71(64-34-16-22-49-19-10-13-31-61(49)64)58-43-37-55(38-44-58)70(56-39-45-59(46-40-56)72(68-53-27-6-2-7-28-53)65-35-17-23-50-20-11-14-32-62(50)65)57-41-47-60(48-42-57)73(69-54-29-8-3-9-30-54)66-36-18-24-51-21-12-15-33-63(51)66/h1-48,67-69H. The lowest BCUT2D eigenvalue weighted by Gasteiger charge is -2.31. The van der Waals surface area contributed by atoms with Gasteiger partial charge in [-0.2, -0.15) is 0 Å². The summed E-state index contributed by atoms with van der Waals surface area (Å²) in [4.78, 5) is 2.32. The highest BCUT2D eigenvalue weighted by molar-refractivity contribution is 5.99. The van der Waals surface area contributed by atoms with Gasteiger partial charge in [-0.05, 0) is 144 Å². The lowest BCUT2D eigenvalue weighted by molar-refractivity contribution is 1.16. The Morgan fingerprint density at radius 3 is 0.712 bits per heavy atom. The largest absolute Gasteiger partial charge is 0.310 e. The van der Waals surface area contributed by atoms with Crippen molar-refractivity contribution in [2.45, 2.75) is 0 Å². The van der Waals surface area contributed by atoms with Crippen molar-refractivity contribution in [3.63, 3.8) is 0 Å². The van der Waals surface area contributed by atoms with Crippen molar-refractivity contribution >= 4 is 101 Å². The van der Waals surface area contributed by atoms with E-state index in [1.165, 1.54) is 16.2 Å². The van der Waals surface area contributed by atoms with Gasteiger partial charge in [0.1, 0.15) is 0 Å². The first kappa shape index (κ1) is 44.2. The van der Waals surface area contributed by atoms with E-state index in [9.17, 15) is 0 Å². The van der Waals surface area contributed by atoms with E-state index >= 15 is 0 Å². The lowest BCUT2D eigenvalue weighted by Crippen LogP contribution is -2.25. The summed E-state index contributed by atoms with van der Waals surface area (Å²) in [5.74, 6) is 0. The molecule has 12 rings (SSSR count). The Balaban J connectivity index is 0.963. The minimum absolute atomic E-state index is 0.986. The Labute approximate surface area is 426 Å². The molecule has 0 saturated heterocycles. The molecule has 0 atom stereocenters. The summed E-state index contributed by atoms with van der Waals surface area (Å²) in [6, 6.07) is 102. The molecule has 0 unspecified atom stereocenters. The zero-order valence-electron chi connectivity index (χ0n) is 40.0. The second-order valence-corrected chi connectivity index (χ2v) is 17.8. The summed E-state index contributed by atoms with van der Waals surface area (Å²) in [6.07, 6.45) is 0. The maximum atomic E-state index is 3.73. The molecule has 0 aromatic heterocycles. The molecule has 350 valence electrons. The van der Waals surface area contributed by atoms with Crippen LogP contribution >= 0.6 is 0 Å². The molecule has 73 heavy (non-hydrogen) atoms. The normalized spacial score (nSPS) is 11.0. The van der Waals surface area contributed by atoms with Crippen molar-refractivity contribution in [3.8, 4) is 0 Å². The van der Waals surface area contributed by atoms with E-state index < -0.39 is 0 Å². The summed E-state index contributed by atoms with van der Waals surface area (Å²) in [5, 5.41) is 13.5. The summed E-state index contributed by atoms with van der Waals surface area (Å²) < 4.78 is 0. The zero-order chi connectivity index (χ0) is 48.8. The van der Waals surface area contributed by atoms with Gasteiger partial charge in [0.05, 0.1) is 51.2 Å². The monoisotopic (exact) mass is 941 g/mol. The van der Waals surface area contributed by atoms with Gasteiger partial charge in [-0.15, -0.1) is 0 Å².